The number of rotatable bonds is 3. The summed E-state index contributed by atoms with van der Waals surface area (Å²) in [5, 5.41) is 2.09. The van der Waals surface area contributed by atoms with E-state index in [2.05, 4.69) is 47.2 Å². The van der Waals surface area contributed by atoms with Gasteiger partial charge in [-0.3, -0.25) is 0 Å². The molecule has 0 unspecified atom stereocenters. The van der Waals surface area contributed by atoms with E-state index < -0.39 is 36.8 Å². The minimum atomic E-state index is -1.78. The fourth-order valence-corrected chi connectivity index (χ4v) is 10.5. The van der Waals surface area contributed by atoms with Gasteiger partial charge in [0.1, 0.15) is 0 Å². The third kappa shape index (κ3) is 6.01. The summed E-state index contributed by atoms with van der Waals surface area (Å²) in [5.74, 6) is 1.02. The number of thiophene rings is 1. The van der Waals surface area contributed by atoms with Crippen LogP contribution in [0.5, 0.6) is 5.75 Å². The quantitative estimate of drug-likeness (QED) is 0.583. The minimum absolute atomic E-state index is 1.02. The number of methoxy groups -OCH3 is 1. The molecule has 2 aromatic heterocycles. The first-order chi connectivity index (χ1) is 9.14. The van der Waals surface area contributed by atoms with Crippen LogP contribution in [0.3, 0.4) is 0 Å². The Morgan fingerprint density at radius 2 is 1.70 bits per heavy atom. The number of hydrogen-bond donors (Lipinski definition) is 0. The molecule has 2 aromatic rings. The van der Waals surface area contributed by atoms with Gasteiger partial charge in [0.05, 0.1) is 0 Å². The molecule has 2 rings (SSSR count). The molecule has 0 amide bonds. The van der Waals surface area contributed by atoms with Crippen molar-refractivity contribution in [3.05, 3.63) is 30.0 Å². The van der Waals surface area contributed by atoms with Crippen molar-refractivity contribution in [3.8, 4) is 5.75 Å². The van der Waals surface area contributed by atoms with Gasteiger partial charge in [-0.15, -0.1) is 0 Å². The summed E-state index contributed by atoms with van der Waals surface area (Å²) >= 11 is -1.67. The summed E-state index contributed by atoms with van der Waals surface area (Å²) < 4.78 is 13.2. The zero-order chi connectivity index (χ0) is 15.4. The van der Waals surface area contributed by atoms with Gasteiger partial charge in [0.25, 0.3) is 0 Å². The van der Waals surface area contributed by atoms with Gasteiger partial charge in [0.15, 0.2) is 0 Å². The van der Waals surface area contributed by atoms with E-state index in [0.29, 0.717) is 0 Å². The van der Waals surface area contributed by atoms with E-state index in [0.717, 1.165) is 5.75 Å². The van der Waals surface area contributed by atoms with Crippen molar-refractivity contribution in [2.45, 2.75) is 29.6 Å². The van der Waals surface area contributed by atoms with Gasteiger partial charge in [-0.2, -0.15) is 0 Å². The van der Waals surface area contributed by atoms with Crippen molar-refractivity contribution in [1.82, 2.24) is 0 Å². The van der Waals surface area contributed by atoms with Crippen LogP contribution in [0.1, 0.15) is 0 Å². The molecule has 0 atom stereocenters. The molecule has 0 bridgehead atoms. The van der Waals surface area contributed by atoms with Gasteiger partial charge in [-0.25, -0.2) is 0 Å². The van der Waals surface area contributed by atoms with Gasteiger partial charge in [-0.1, -0.05) is 0 Å². The Kier molecular flexibility index (Phi) is 6.99. The fourth-order valence-electron chi connectivity index (χ4n) is 1.51. The van der Waals surface area contributed by atoms with Gasteiger partial charge in [-0.05, 0) is 0 Å². The third-order valence-electron chi connectivity index (χ3n) is 2.94. The molecule has 0 aliphatic carbocycles. The predicted molar refractivity (Wildman–Crippen MR) is 95.5 cm³/mol. The molecule has 112 valence electrons. The molecule has 0 saturated carbocycles. The summed E-state index contributed by atoms with van der Waals surface area (Å²) in [6, 6.07) is 4.29. The van der Waals surface area contributed by atoms with E-state index in [1.807, 2.05) is 17.6 Å². The van der Waals surface area contributed by atoms with Crippen molar-refractivity contribution in [3.63, 3.8) is 0 Å². The monoisotopic (exact) mass is 510 g/mol. The maximum atomic E-state index is 5.13. The summed E-state index contributed by atoms with van der Waals surface area (Å²) in [5.41, 5.74) is 0. The van der Waals surface area contributed by atoms with Gasteiger partial charge in [0, 0.05) is 0 Å². The van der Waals surface area contributed by atoms with Crippen LogP contribution in [0.4, 0.5) is 0 Å². The standard InChI is InChI=1S/C5H5OS.C4H3O.6CH3.2Sn/c1-6-5-2-3-7-4-5;1-2-4-5-3-1;;;;;;;;/h2,4H,1H3;1,3-4H;6*1H3;;. The average Bonchev–Trinajstić information content (AvgIpc) is 3.00. The summed E-state index contributed by atoms with van der Waals surface area (Å²) in [7, 11) is 1.73. The number of ether oxygens (including phenoxy) is 1. The molecule has 2 nitrogen and oxygen atoms in total. The van der Waals surface area contributed by atoms with Crippen LogP contribution in [0.2, 0.25) is 29.6 Å². The van der Waals surface area contributed by atoms with Gasteiger partial charge in [0.2, 0.25) is 0 Å². The van der Waals surface area contributed by atoms with E-state index in [1.54, 1.807) is 16.3 Å². The second-order valence-corrected chi connectivity index (χ2v) is 37.7. The Labute approximate surface area is 135 Å². The Morgan fingerprint density at radius 3 is 1.95 bits per heavy atom. The van der Waals surface area contributed by atoms with E-state index >= 15 is 0 Å². The van der Waals surface area contributed by atoms with Crippen LogP contribution in [0, 0.1) is 0 Å². The normalized spacial score (nSPS) is 11.8. The zero-order valence-electron chi connectivity index (χ0n) is 13.6. The van der Waals surface area contributed by atoms with Crippen molar-refractivity contribution < 1.29 is 9.15 Å². The maximum absolute atomic E-state index is 5.13. The first-order valence-corrected chi connectivity index (χ1v) is 27.7. The van der Waals surface area contributed by atoms with Crippen LogP contribution in [0.15, 0.2) is 34.5 Å². The van der Waals surface area contributed by atoms with Crippen LogP contribution in [-0.2, 0) is 0 Å². The average molecular weight is 508 g/mol. The third-order valence-corrected chi connectivity index (χ3v) is 19.2. The second-order valence-electron chi connectivity index (χ2n) is 6.86. The van der Waals surface area contributed by atoms with Crippen molar-refractivity contribution in [2.24, 2.45) is 0 Å². The molecule has 0 aromatic carbocycles. The molecule has 2 heterocycles. The summed E-state index contributed by atoms with van der Waals surface area (Å²) in [4.78, 5) is 14.4. The van der Waals surface area contributed by atoms with Gasteiger partial charge >= 0.3 is 136 Å². The molecule has 0 saturated heterocycles. The second kappa shape index (κ2) is 7.58. The van der Waals surface area contributed by atoms with E-state index in [-0.39, 0.29) is 0 Å². The molecule has 0 radical (unpaired) electrons. The van der Waals surface area contributed by atoms with Crippen LogP contribution in [0.25, 0.3) is 0 Å². The molecule has 0 spiro atoms. The first-order valence-electron chi connectivity index (χ1n) is 6.80. The van der Waals surface area contributed by atoms with Crippen LogP contribution >= 0.6 is 11.3 Å². The van der Waals surface area contributed by atoms with E-state index in [4.69, 9.17) is 9.15 Å². The topological polar surface area (TPSA) is 22.4 Å². The molecular formula is C15H26O2SSn2. The summed E-state index contributed by atoms with van der Waals surface area (Å²) in [6.45, 7) is 0. The molecule has 0 aliphatic rings. The van der Waals surface area contributed by atoms with E-state index in [1.165, 1.54) is 3.58 Å². The van der Waals surface area contributed by atoms with E-state index in [9.17, 15) is 0 Å². The number of furan rings is 1. The SMILES string of the molecule is COc1cs[c]([Sn]([CH3])([CH3])[CH3])c1.[CH3][Sn]([CH3])([CH3])[c]1ccoc1. The molecule has 0 N–H and O–H groups in total. The number of hydrogen-bond acceptors (Lipinski definition) is 3. The Hall–Kier alpha value is 0.377. The molecule has 0 aliphatic heterocycles. The molecular weight excluding hydrogens is 482 g/mol. The Bertz CT molecular complexity index is 505. The Balaban J connectivity index is 0.000000204. The van der Waals surface area contributed by atoms with Crippen LogP contribution < -0.4 is 11.2 Å². The summed E-state index contributed by atoms with van der Waals surface area (Å²) in [6.07, 6.45) is 3.65. The van der Waals surface area contributed by atoms with Crippen molar-refractivity contribution in [2.75, 3.05) is 7.11 Å². The Morgan fingerprint density at radius 1 is 1.05 bits per heavy atom. The molecule has 0 fully saturated rings. The first kappa shape index (κ1) is 18.4. The zero-order valence-corrected chi connectivity index (χ0v) is 20.1. The van der Waals surface area contributed by atoms with Crippen LogP contribution in [-0.4, -0.2) is 43.9 Å². The van der Waals surface area contributed by atoms with Gasteiger partial charge < -0.3 is 0 Å². The fraction of sp³-hybridized carbons (Fsp3) is 0.467. The van der Waals surface area contributed by atoms with Crippen molar-refractivity contribution in [1.29, 1.82) is 0 Å². The molecule has 5 heteroatoms. The molecule has 20 heavy (non-hydrogen) atoms. The predicted octanol–water partition coefficient (Wildman–Crippen LogP) is 4.13. The van der Waals surface area contributed by atoms with Crippen molar-refractivity contribution >= 4 is 54.6 Å².